The van der Waals surface area contributed by atoms with Crippen LogP contribution in [0.4, 0.5) is 0 Å². The lowest BCUT2D eigenvalue weighted by Gasteiger charge is -2.12. The number of benzene rings is 2. The zero-order valence-corrected chi connectivity index (χ0v) is 12.5. The van der Waals surface area contributed by atoms with Gasteiger partial charge in [-0.3, -0.25) is 0 Å². The molecule has 0 fully saturated rings. The first kappa shape index (κ1) is 13.4. The van der Waals surface area contributed by atoms with Crippen molar-refractivity contribution in [3.63, 3.8) is 0 Å². The third kappa shape index (κ3) is 3.06. The van der Waals surface area contributed by atoms with Gasteiger partial charge in [0.05, 0.1) is 5.88 Å². The topological polar surface area (TPSA) is 9.23 Å². The molecule has 0 atom stereocenters. The van der Waals surface area contributed by atoms with Gasteiger partial charge < -0.3 is 4.74 Å². The summed E-state index contributed by atoms with van der Waals surface area (Å²) >= 11 is 9.38. The van der Waals surface area contributed by atoms with Crippen LogP contribution in [0.5, 0.6) is 11.5 Å². The SMILES string of the molecule is CCc1ccccc1Oc1ccc(Br)cc1CCl. The maximum atomic E-state index is 5.97. The Hall–Kier alpha value is -0.990. The Labute approximate surface area is 121 Å². The molecule has 0 heterocycles. The highest BCUT2D eigenvalue weighted by atomic mass is 79.9. The number of rotatable bonds is 4. The van der Waals surface area contributed by atoms with Crippen molar-refractivity contribution in [2.45, 2.75) is 19.2 Å². The quantitative estimate of drug-likeness (QED) is 0.670. The number of halogens is 2. The second-order valence-electron chi connectivity index (χ2n) is 3.95. The van der Waals surface area contributed by atoms with Crippen molar-refractivity contribution in [1.82, 2.24) is 0 Å². The number of para-hydroxylation sites is 1. The summed E-state index contributed by atoms with van der Waals surface area (Å²) in [7, 11) is 0. The summed E-state index contributed by atoms with van der Waals surface area (Å²) in [5, 5.41) is 0. The van der Waals surface area contributed by atoms with Crippen molar-refractivity contribution in [1.29, 1.82) is 0 Å². The smallest absolute Gasteiger partial charge is 0.131 e. The monoisotopic (exact) mass is 324 g/mol. The highest BCUT2D eigenvalue weighted by Gasteiger charge is 2.07. The van der Waals surface area contributed by atoms with E-state index in [2.05, 4.69) is 28.9 Å². The van der Waals surface area contributed by atoms with Gasteiger partial charge in [0.15, 0.2) is 0 Å². The van der Waals surface area contributed by atoms with Gasteiger partial charge in [0.25, 0.3) is 0 Å². The maximum absolute atomic E-state index is 5.97. The summed E-state index contributed by atoms with van der Waals surface area (Å²) in [4.78, 5) is 0. The van der Waals surface area contributed by atoms with Crippen LogP contribution < -0.4 is 4.74 Å². The molecule has 0 saturated heterocycles. The molecule has 1 nitrogen and oxygen atoms in total. The summed E-state index contributed by atoms with van der Waals surface area (Å²) in [6, 6.07) is 13.9. The minimum atomic E-state index is 0.434. The lowest BCUT2D eigenvalue weighted by molar-refractivity contribution is 0.472. The fraction of sp³-hybridized carbons (Fsp3) is 0.200. The van der Waals surface area contributed by atoms with Crippen molar-refractivity contribution in [2.75, 3.05) is 0 Å². The molecule has 0 amide bonds. The molecule has 0 radical (unpaired) electrons. The molecule has 0 aliphatic heterocycles. The van der Waals surface area contributed by atoms with E-state index in [0.717, 1.165) is 28.0 Å². The highest BCUT2D eigenvalue weighted by Crippen LogP contribution is 2.31. The van der Waals surface area contributed by atoms with Gasteiger partial charge in [-0.1, -0.05) is 41.1 Å². The van der Waals surface area contributed by atoms with E-state index in [9.17, 15) is 0 Å². The molecule has 0 aliphatic carbocycles. The fourth-order valence-corrected chi connectivity index (χ4v) is 2.38. The summed E-state index contributed by atoms with van der Waals surface area (Å²) in [5.74, 6) is 2.14. The molecular formula is C15H14BrClO. The number of ether oxygens (including phenoxy) is 1. The third-order valence-corrected chi connectivity index (χ3v) is 3.52. The minimum Gasteiger partial charge on any atom is -0.457 e. The lowest BCUT2D eigenvalue weighted by atomic mass is 10.1. The summed E-state index contributed by atoms with van der Waals surface area (Å²) in [6.07, 6.45) is 0.947. The first-order valence-electron chi connectivity index (χ1n) is 5.84. The van der Waals surface area contributed by atoms with Gasteiger partial charge >= 0.3 is 0 Å². The molecule has 0 aliphatic rings. The normalized spacial score (nSPS) is 10.4. The number of alkyl halides is 1. The van der Waals surface area contributed by atoms with Crippen molar-refractivity contribution < 1.29 is 4.74 Å². The van der Waals surface area contributed by atoms with E-state index in [-0.39, 0.29) is 0 Å². The Kier molecular flexibility index (Phi) is 4.67. The van der Waals surface area contributed by atoms with Crippen LogP contribution in [0.15, 0.2) is 46.9 Å². The molecule has 0 bridgehead atoms. The summed E-state index contributed by atoms with van der Waals surface area (Å²) in [5.41, 5.74) is 2.18. The van der Waals surface area contributed by atoms with Gasteiger partial charge in [0.2, 0.25) is 0 Å². The van der Waals surface area contributed by atoms with Crippen LogP contribution in [-0.2, 0) is 12.3 Å². The zero-order valence-electron chi connectivity index (χ0n) is 10.1. The molecule has 0 unspecified atom stereocenters. The van der Waals surface area contributed by atoms with Crippen molar-refractivity contribution >= 4 is 27.5 Å². The van der Waals surface area contributed by atoms with Crippen LogP contribution in [0.1, 0.15) is 18.1 Å². The molecule has 0 N–H and O–H groups in total. The molecule has 0 aromatic heterocycles. The Morgan fingerprint density at radius 1 is 1.06 bits per heavy atom. The maximum Gasteiger partial charge on any atom is 0.131 e. The van der Waals surface area contributed by atoms with Gasteiger partial charge in [0.1, 0.15) is 11.5 Å². The van der Waals surface area contributed by atoms with Crippen LogP contribution in [0.2, 0.25) is 0 Å². The van der Waals surface area contributed by atoms with E-state index < -0.39 is 0 Å². The van der Waals surface area contributed by atoms with Gasteiger partial charge in [-0.25, -0.2) is 0 Å². The van der Waals surface area contributed by atoms with E-state index in [1.54, 1.807) is 0 Å². The lowest BCUT2D eigenvalue weighted by Crippen LogP contribution is -1.93. The van der Waals surface area contributed by atoms with Crippen molar-refractivity contribution in [2.24, 2.45) is 0 Å². The van der Waals surface area contributed by atoms with Crippen molar-refractivity contribution in [3.05, 3.63) is 58.1 Å². The minimum absolute atomic E-state index is 0.434. The van der Waals surface area contributed by atoms with Gasteiger partial charge in [-0.2, -0.15) is 0 Å². The average molecular weight is 326 g/mol. The molecular weight excluding hydrogens is 312 g/mol. The standard InChI is InChI=1S/C15H14BrClO/c1-2-11-5-3-4-6-14(11)18-15-8-7-13(16)9-12(15)10-17/h3-9H,2,10H2,1H3. The van der Waals surface area contributed by atoms with Gasteiger partial charge in [-0.15, -0.1) is 11.6 Å². The molecule has 2 aromatic carbocycles. The Morgan fingerprint density at radius 2 is 1.78 bits per heavy atom. The Balaban J connectivity index is 2.33. The van der Waals surface area contributed by atoms with Crippen LogP contribution in [0, 0.1) is 0 Å². The second kappa shape index (κ2) is 6.26. The second-order valence-corrected chi connectivity index (χ2v) is 5.13. The predicted molar refractivity (Wildman–Crippen MR) is 79.6 cm³/mol. The number of hydrogen-bond donors (Lipinski definition) is 0. The molecule has 0 saturated carbocycles. The first-order chi connectivity index (χ1) is 8.74. The molecule has 0 spiro atoms. The average Bonchev–Trinajstić information content (AvgIpc) is 2.41. The predicted octanol–water partition coefficient (Wildman–Crippen LogP) is 5.54. The fourth-order valence-electron chi connectivity index (χ4n) is 1.77. The number of hydrogen-bond acceptors (Lipinski definition) is 1. The Morgan fingerprint density at radius 3 is 2.50 bits per heavy atom. The van der Waals surface area contributed by atoms with Crippen molar-refractivity contribution in [3.8, 4) is 11.5 Å². The van der Waals surface area contributed by atoms with E-state index >= 15 is 0 Å². The first-order valence-corrected chi connectivity index (χ1v) is 7.17. The van der Waals surface area contributed by atoms with Crippen LogP contribution in [0.3, 0.4) is 0 Å². The van der Waals surface area contributed by atoms with E-state index in [1.165, 1.54) is 5.56 Å². The van der Waals surface area contributed by atoms with E-state index in [0.29, 0.717) is 5.88 Å². The third-order valence-electron chi connectivity index (χ3n) is 2.74. The Bertz CT molecular complexity index is 540. The van der Waals surface area contributed by atoms with Crippen LogP contribution >= 0.6 is 27.5 Å². The van der Waals surface area contributed by atoms with Gasteiger partial charge in [-0.05, 0) is 36.2 Å². The summed E-state index contributed by atoms with van der Waals surface area (Å²) < 4.78 is 6.98. The largest absolute Gasteiger partial charge is 0.457 e. The zero-order chi connectivity index (χ0) is 13.0. The molecule has 18 heavy (non-hydrogen) atoms. The molecule has 2 rings (SSSR count). The summed E-state index contributed by atoms with van der Waals surface area (Å²) in [6.45, 7) is 2.12. The van der Waals surface area contributed by atoms with Gasteiger partial charge in [0, 0.05) is 10.0 Å². The van der Waals surface area contributed by atoms with E-state index in [4.69, 9.17) is 16.3 Å². The van der Waals surface area contributed by atoms with Crippen LogP contribution in [-0.4, -0.2) is 0 Å². The van der Waals surface area contributed by atoms with Crippen LogP contribution in [0.25, 0.3) is 0 Å². The molecule has 2 aromatic rings. The molecule has 3 heteroatoms. The van der Waals surface area contributed by atoms with E-state index in [1.807, 2.05) is 36.4 Å². The highest BCUT2D eigenvalue weighted by molar-refractivity contribution is 9.10. The number of aryl methyl sites for hydroxylation is 1. The molecule has 94 valence electrons.